The molecule has 0 aliphatic rings. The zero-order valence-corrected chi connectivity index (χ0v) is 9.37. The summed E-state index contributed by atoms with van der Waals surface area (Å²) >= 11 is 0. The second-order valence-corrected chi connectivity index (χ2v) is 2.92. The Kier molecular flexibility index (Phi) is 4.21. The molecule has 15 heavy (non-hydrogen) atoms. The first kappa shape index (κ1) is 11.6. The molecular weight excluding hydrogens is 193 g/mol. The number of fused-ring (bicyclic) bond motifs is 1. The van der Waals surface area contributed by atoms with Crippen molar-refractivity contribution in [1.82, 2.24) is 14.5 Å². The molecule has 0 radical (unpaired) electrons. The van der Waals surface area contributed by atoms with Crippen LogP contribution in [0.2, 0.25) is 0 Å². The molecule has 4 heteroatoms. The van der Waals surface area contributed by atoms with Crippen molar-refractivity contribution in [3.05, 3.63) is 24.2 Å². The molecule has 0 amide bonds. The number of pyridine rings is 1. The molecule has 2 heterocycles. The highest BCUT2D eigenvalue weighted by molar-refractivity contribution is 5.70. The minimum absolute atomic E-state index is 0.326. The van der Waals surface area contributed by atoms with E-state index in [2.05, 4.69) is 9.97 Å². The van der Waals surface area contributed by atoms with E-state index in [4.69, 9.17) is 0 Å². The normalized spacial score (nSPS) is 9.87. The molecule has 3 nitrogen and oxygen atoms in total. The maximum absolute atomic E-state index is 12.1. The number of nitrogens with zero attached hydrogens (tertiary/aromatic N) is 3. The largest absolute Gasteiger partial charge is 0.313 e. The fraction of sp³-hybridized carbons (Fsp3) is 0.455. The van der Waals surface area contributed by atoms with Gasteiger partial charge < -0.3 is 4.57 Å². The molecule has 0 aliphatic heterocycles. The van der Waals surface area contributed by atoms with E-state index < -0.39 is 0 Å². The number of rotatable bonds is 2. The summed E-state index contributed by atoms with van der Waals surface area (Å²) in [6.07, 6.45) is 1.62. The van der Waals surface area contributed by atoms with E-state index in [-0.39, 0.29) is 6.67 Å². The van der Waals surface area contributed by atoms with Crippen molar-refractivity contribution < 1.29 is 4.39 Å². The van der Waals surface area contributed by atoms with E-state index >= 15 is 0 Å². The molecule has 0 spiro atoms. The molecule has 0 fully saturated rings. The van der Waals surface area contributed by atoms with Crippen LogP contribution < -0.4 is 0 Å². The minimum Gasteiger partial charge on any atom is -0.313 e. The average molecular weight is 209 g/mol. The van der Waals surface area contributed by atoms with Gasteiger partial charge >= 0.3 is 0 Å². The number of halogens is 1. The first-order chi connectivity index (χ1) is 7.31. The number of aryl methyl sites for hydroxylation is 2. The molecule has 0 saturated heterocycles. The van der Waals surface area contributed by atoms with Crippen molar-refractivity contribution in [3.8, 4) is 0 Å². The summed E-state index contributed by atoms with van der Waals surface area (Å²) in [6, 6.07) is 3.79. The third-order valence-electron chi connectivity index (χ3n) is 1.93. The van der Waals surface area contributed by atoms with E-state index in [1.807, 2.05) is 32.9 Å². The van der Waals surface area contributed by atoms with Gasteiger partial charge in [0.15, 0.2) is 5.65 Å². The highest BCUT2D eigenvalue weighted by atomic mass is 19.1. The number of imidazole rings is 1. The Morgan fingerprint density at radius 1 is 1.33 bits per heavy atom. The van der Waals surface area contributed by atoms with Gasteiger partial charge in [-0.15, -0.1) is 0 Å². The number of alkyl halides is 1. The third kappa shape index (κ3) is 2.52. The summed E-state index contributed by atoms with van der Waals surface area (Å²) in [4.78, 5) is 8.40. The lowest BCUT2D eigenvalue weighted by Gasteiger charge is -1.98. The van der Waals surface area contributed by atoms with Crippen LogP contribution in [0.1, 0.15) is 19.5 Å². The van der Waals surface area contributed by atoms with Crippen molar-refractivity contribution in [2.45, 2.75) is 27.3 Å². The van der Waals surface area contributed by atoms with Gasteiger partial charge in [0.25, 0.3) is 0 Å². The fourth-order valence-electron chi connectivity index (χ4n) is 1.29. The van der Waals surface area contributed by atoms with Crippen LogP contribution in [0, 0.1) is 6.92 Å². The molecule has 2 rings (SSSR count). The predicted molar refractivity (Wildman–Crippen MR) is 59.6 cm³/mol. The standard InChI is InChI=1S/C9H10FN3.C2H6/c1-7-2-3-8-9(12-7)13(5-4-10)6-11-8;1-2/h2-3,6H,4-5H2,1H3;1-2H3. The Balaban J connectivity index is 0.000000531. The summed E-state index contributed by atoms with van der Waals surface area (Å²) in [5.74, 6) is 0. The van der Waals surface area contributed by atoms with E-state index in [0.29, 0.717) is 6.54 Å². The van der Waals surface area contributed by atoms with E-state index in [9.17, 15) is 4.39 Å². The zero-order chi connectivity index (χ0) is 11.3. The first-order valence-electron chi connectivity index (χ1n) is 5.15. The molecular formula is C11H16FN3. The van der Waals surface area contributed by atoms with Gasteiger partial charge in [-0.3, -0.25) is 0 Å². The van der Waals surface area contributed by atoms with Crippen molar-refractivity contribution in [1.29, 1.82) is 0 Å². The smallest absolute Gasteiger partial charge is 0.160 e. The van der Waals surface area contributed by atoms with Crippen molar-refractivity contribution in [3.63, 3.8) is 0 Å². The molecule has 0 bridgehead atoms. The number of hydrogen-bond acceptors (Lipinski definition) is 2. The lowest BCUT2D eigenvalue weighted by Crippen LogP contribution is -1.99. The van der Waals surface area contributed by atoms with Gasteiger partial charge in [-0.1, -0.05) is 13.8 Å². The van der Waals surface area contributed by atoms with Crippen molar-refractivity contribution in [2.24, 2.45) is 0 Å². The van der Waals surface area contributed by atoms with Crippen LogP contribution in [0.15, 0.2) is 18.5 Å². The van der Waals surface area contributed by atoms with Crippen molar-refractivity contribution >= 4 is 11.2 Å². The second-order valence-electron chi connectivity index (χ2n) is 2.92. The molecule has 0 aliphatic carbocycles. The van der Waals surface area contributed by atoms with Gasteiger partial charge in [0, 0.05) is 5.69 Å². The summed E-state index contributed by atoms with van der Waals surface area (Å²) in [5, 5.41) is 0. The van der Waals surface area contributed by atoms with Crippen LogP contribution in [-0.2, 0) is 6.54 Å². The van der Waals surface area contributed by atoms with Crippen LogP contribution >= 0.6 is 0 Å². The van der Waals surface area contributed by atoms with Crippen LogP contribution in [0.3, 0.4) is 0 Å². The van der Waals surface area contributed by atoms with Crippen LogP contribution in [0.5, 0.6) is 0 Å². The van der Waals surface area contributed by atoms with Crippen molar-refractivity contribution in [2.75, 3.05) is 6.67 Å². The zero-order valence-electron chi connectivity index (χ0n) is 9.37. The van der Waals surface area contributed by atoms with Gasteiger partial charge in [-0.2, -0.15) is 0 Å². The Morgan fingerprint density at radius 3 is 2.73 bits per heavy atom. The highest BCUT2D eigenvalue weighted by Gasteiger charge is 2.02. The molecule has 0 N–H and O–H groups in total. The molecule has 82 valence electrons. The second kappa shape index (κ2) is 5.44. The molecule has 0 aromatic carbocycles. The summed E-state index contributed by atoms with van der Waals surface area (Å²) in [6.45, 7) is 5.85. The SMILES string of the molecule is CC.Cc1ccc2ncn(CCF)c2n1. The van der Waals surface area contributed by atoms with Crippen LogP contribution in [0.4, 0.5) is 4.39 Å². The maximum atomic E-state index is 12.1. The molecule has 0 atom stereocenters. The summed E-state index contributed by atoms with van der Waals surface area (Å²) < 4.78 is 13.8. The van der Waals surface area contributed by atoms with E-state index in [1.54, 1.807) is 10.9 Å². The van der Waals surface area contributed by atoms with Crippen LogP contribution in [-0.4, -0.2) is 21.2 Å². The van der Waals surface area contributed by atoms with Gasteiger partial charge in [-0.25, -0.2) is 14.4 Å². The molecule has 0 saturated carbocycles. The van der Waals surface area contributed by atoms with Gasteiger partial charge in [0.2, 0.25) is 0 Å². The molecule has 2 aromatic heterocycles. The minimum atomic E-state index is -0.388. The maximum Gasteiger partial charge on any atom is 0.160 e. The quantitative estimate of drug-likeness (QED) is 0.761. The van der Waals surface area contributed by atoms with E-state index in [1.165, 1.54) is 0 Å². The predicted octanol–water partition coefficient (Wildman–Crippen LogP) is 2.74. The first-order valence-corrected chi connectivity index (χ1v) is 5.15. The molecule has 0 unspecified atom stereocenters. The number of aromatic nitrogens is 3. The topological polar surface area (TPSA) is 30.7 Å². The summed E-state index contributed by atoms with van der Waals surface area (Å²) in [7, 11) is 0. The fourth-order valence-corrected chi connectivity index (χ4v) is 1.29. The Labute approximate surface area is 89.0 Å². The lowest BCUT2D eigenvalue weighted by atomic mass is 10.3. The Morgan fingerprint density at radius 2 is 2.07 bits per heavy atom. The van der Waals surface area contributed by atoms with Crippen LogP contribution in [0.25, 0.3) is 11.2 Å². The van der Waals surface area contributed by atoms with Gasteiger partial charge in [-0.05, 0) is 19.1 Å². The number of hydrogen-bond donors (Lipinski definition) is 0. The third-order valence-corrected chi connectivity index (χ3v) is 1.93. The van der Waals surface area contributed by atoms with E-state index in [0.717, 1.165) is 16.9 Å². The Hall–Kier alpha value is -1.45. The lowest BCUT2D eigenvalue weighted by molar-refractivity contribution is 0.449. The summed E-state index contributed by atoms with van der Waals surface area (Å²) in [5.41, 5.74) is 2.50. The van der Waals surface area contributed by atoms with Gasteiger partial charge in [0.1, 0.15) is 12.2 Å². The average Bonchev–Trinajstić information content (AvgIpc) is 2.65. The van der Waals surface area contributed by atoms with Gasteiger partial charge in [0.05, 0.1) is 12.9 Å². The molecule has 2 aromatic rings. The Bertz CT molecular complexity index is 423. The highest BCUT2D eigenvalue weighted by Crippen LogP contribution is 2.10. The monoisotopic (exact) mass is 209 g/mol.